The summed E-state index contributed by atoms with van der Waals surface area (Å²) in [6.45, 7) is 2.87. The first kappa shape index (κ1) is 19.5. The number of hydrogen-bond donors (Lipinski definition) is 1. The number of para-hydroxylation sites is 1. The molecule has 0 spiro atoms. The maximum absolute atomic E-state index is 13.3. The Morgan fingerprint density at radius 2 is 1.81 bits per heavy atom. The van der Waals surface area contributed by atoms with Crippen molar-refractivity contribution in [3.8, 4) is 17.0 Å². The Labute approximate surface area is 165 Å². The molecule has 4 rings (SSSR count). The molecule has 1 N–H and O–H groups in total. The molecule has 1 aliphatic heterocycles. The molecule has 1 aliphatic rings. The monoisotopic (exact) mass is 404 g/mol. The molecule has 3 aromatic rings. The first-order valence-corrected chi connectivity index (χ1v) is 9.88. The summed E-state index contributed by atoms with van der Waals surface area (Å²) < 4.78 is 33.9. The van der Waals surface area contributed by atoms with Crippen molar-refractivity contribution >= 4 is 22.4 Å². The SMILES string of the molecule is CNCc1cn(S(=O)(=O)c2ccc(C)cc2)c2c1COc1ccccc1-2.Cl. The van der Waals surface area contributed by atoms with Crippen LogP contribution in [-0.4, -0.2) is 19.4 Å². The van der Waals surface area contributed by atoms with Crippen molar-refractivity contribution in [1.29, 1.82) is 0 Å². The fourth-order valence-corrected chi connectivity index (χ4v) is 4.73. The topological polar surface area (TPSA) is 60.3 Å². The van der Waals surface area contributed by atoms with Gasteiger partial charge in [-0.1, -0.05) is 29.8 Å². The Kier molecular flexibility index (Phi) is 5.33. The summed E-state index contributed by atoms with van der Waals surface area (Å²) in [5, 5.41) is 3.11. The molecule has 7 heteroatoms. The zero-order chi connectivity index (χ0) is 18.3. The lowest BCUT2D eigenvalue weighted by Gasteiger charge is -2.21. The predicted octanol–water partition coefficient (Wildman–Crippen LogP) is 3.73. The first-order valence-electron chi connectivity index (χ1n) is 8.44. The van der Waals surface area contributed by atoms with Gasteiger partial charge in [0.25, 0.3) is 10.0 Å². The quantitative estimate of drug-likeness (QED) is 0.719. The number of aromatic nitrogens is 1. The molecule has 0 fully saturated rings. The summed E-state index contributed by atoms with van der Waals surface area (Å²) in [4.78, 5) is 0.279. The fourth-order valence-electron chi connectivity index (χ4n) is 3.31. The van der Waals surface area contributed by atoms with Crippen molar-refractivity contribution in [2.24, 2.45) is 0 Å². The number of nitrogens with zero attached hydrogens (tertiary/aromatic N) is 1. The minimum Gasteiger partial charge on any atom is -0.488 e. The molecular formula is C20H21ClN2O3S. The number of ether oxygens (including phenoxy) is 1. The average Bonchev–Trinajstić information content (AvgIpc) is 3.02. The first-order chi connectivity index (χ1) is 12.5. The van der Waals surface area contributed by atoms with Crippen molar-refractivity contribution in [3.05, 3.63) is 71.4 Å². The maximum Gasteiger partial charge on any atom is 0.268 e. The van der Waals surface area contributed by atoms with Gasteiger partial charge in [0.2, 0.25) is 0 Å². The second-order valence-corrected chi connectivity index (χ2v) is 8.23. The molecule has 0 atom stereocenters. The van der Waals surface area contributed by atoms with E-state index < -0.39 is 10.0 Å². The van der Waals surface area contributed by atoms with E-state index in [1.54, 1.807) is 18.3 Å². The van der Waals surface area contributed by atoms with Crippen LogP contribution in [0, 0.1) is 6.92 Å². The Morgan fingerprint density at radius 1 is 1.11 bits per heavy atom. The van der Waals surface area contributed by atoms with Crippen LogP contribution in [0.15, 0.2) is 59.6 Å². The number of benzene rings is 2. The van der Waals surface area contributed by atoms with Crippen molar-refractivity contribution < 1.29 is 13.2 Å². The van der Waals surface area contributed by atoms with Crippen LogP contribution in [0.1, 0.15) is 16.7 Å². The molecule has 0 saturated heterocycles. The van der Waals surface area contributed by atoms with Crippen molar-refractivity contribution in [2.45, 2.75) is 25.0 Å². The maximum atomic E-state index is 13.3. The van der Waals surface area contributed by atoms with Gasteiger partial charge in [-0.3, -0.25) is 0 Å². The van der Waals surface area contributed by atoms with E-state index in [0.29, 0.717) is 24.6 Å². The third-order valence-corrected chi connectivity index (χ3v) is 6.30. The van der Waals surface area contributed by atoms with Crippen LogP contribution in [0.4, 0.5) is 0 Å². The van der Waals surface area contributed by atoms with E-state index in [2.05, 4.69) is 5.32 Å². The molecule has 2 aromatic carbocycles. The summed E-state index contributed by atoms with van der Waals surface area (Å²) in [6.07, 6.45) is 1.71. The molecule has 0 amide bonds. The van der Waals surface area contributed by atoms with E-state index in [0.717, 1.165) is 22.3 Å². The number of rotatable bonds is 4. The zero-order valence-corrected chi connectivity index (χ0v) is 16.7. The van der Waals surface area contributed by atoms with E-state index in [9.17, 15) is 8.42 Å². The summed E-state index contributed by atoms with van der Waals surface area (Å²) in [6, 6.07) is 14.5. The Bertz CT molecular complexity index is 1070. The van der Waals surface area contributed by atoms with Gasteiger partial charge < -0.3 is 10.1 Å². The molecule has 142 valence electrons. The third kappa shape index (κ3) is 3.25. The van der Waals surface area contributed by atoms with Gasteiger partial charge in [0.05, 0.1) is 10.6 Å². The molecule has 0 aliphatic carbocycles. The van der Waals surface area contributed by atoms with E-state index in [1.807, 2.05) is 50.4 Å². The highest BCUT2D eigenvalue weighted by molar-refractivity contribution is 7.90. The second kappa shape index (κ2) is 7.38. The molecule has 5 nitrogen and oxygen atoms in total. The number of hydrogen-bond acceptors (Lipinski definition) is 4. The normalized spacial score (nSPS) is 12.5. The number of halogens is 1. The van der Waals surface area contributed by atoms with E-state index in [1.165, 1.54) is 3.97 Å². The third-order valence-electron chi connectivity index (χ3n) is 4.63. The lowest BCUT2D eigenvalue weighted by Crippen LogP contribution is -2.15. The standard InChI is InChI=1S/C20H20N2O3S.ClH/c1-14-7-9-16(10-8-14)26(23,24)22-12-15(11-21-2)18-13-25-19-6-4-3-5-17(19)20(18)22;/h3-10,12,21H,11,13H2,1-2H3;1H. The largest absolute Gasteiger partial charge is 0.488 e. The number of aryl methyl sites for hydroxylation is 1. The molecule has 2 heterocycles. The van der Waals surface area contributed by atoms with Crippen LogP contribution in [0.5, 0.6) is 5.75 Å². The van der Waals surface area contributed by atoms with Gasteiger partial charge in [0.1, 0.15) is 12.4 Å². The van der Waals surface area contributed by atoms with Crippen LogP contribution in [0.25, 0.3) is 11.3 Å². The molecular weight excluding hydrogens is 384 g/mol. The molecule has 0 unspecified atom stereocenters. The molecule has 1 aromatic heterocycles. The lowest BCUT2D eigenvalue weighted by atomic mass is 10.0. The second-order valence-electron chi connectivity index (χ2n) is 6.41. The minimum absolute atomic E-state index is 0. The van der Waals surface area contributed by atoms with Gasteiger partial charge in [0.15, 0.2) is 0 Å². The zero-order valence-electron chi connectivity index (χ0n) is 15.1. The number of nitrogens with one attached hydrogen (secondary N) is 1. The van der Waals surface area contributed by atoms with Crippen molar-refractivity contribution in [2.75, 3.05) is 7.05 Å². The summed E-state index contributed by atoms with van der Waals surface area (Å²) in [5.41, 5.74) is 4.35. The molecule has 0 bridgehead atoms. The van der Waals surface area contributed by atoms with Gasteiger partial charge in [-0.05, 0) is 43.8 Å². The van der Waals surface area contributed by atoms with E-state index >= 15 is 0 Å². The highest BCUT2D eigenvalue weighted by Gasteiger charge is 2.30. The number of fused-ring (bicyclic) bond motifs is 3. The predicted molar refractivity (Wildman–Crippen MR) is 108 cm³/mol. The highest BCUT2D eigenvalue weighted by Crippen LogP contribution is 2.41. The van der Waals surface area contributed by atoms with Crippen LogP contribution in [-0.2, 0) is 23.2 Å². The highest BCUT2D eigenvalue weighted by atomic mass is 35.5. The molecule has 27 heavy (non-hydrogen) atoms. The van der Waals surface area contributed by atoms with Gasteiger partial charge >= 0.3 is 0 Å². The summed E-state index contributed by atoms with van der Waals surface area (Å²) in [7, 11) is -1.86. The summed E-state index contributed by atoms with van der Waals surface area (Å²) >= 11 is 0. The van der Waals surface area contributed by atoms with Gasteiger partial charge in [-0.25, -0.2) is 12.4 Å². The lowest BCUT2D eigenvalue weighted by molar-refractivity contribution is 0.301. The van der Waals surface area contributed by atoms with Crippen LogP contribution < -0.4 is 10.1 Å². The van der Waals surface area contributed by atoms with Crippen LogP contribution in [0.2, 0.25) is 0 Å². The van der Waals surface area contributed by atoms with Crippen molar-refractivity contribution in [1.82, 2.24) is 9.29 Å². The Hall–Kier alpha value is -2.28. The smallest absolute Gasteiger partial charge is 0.268 e. The van der Waals surface area contributed by atoms with E-state index in [4.69, 9.17) is 4.74 Å². The van der Waals surface area contributed by atoms with Crippen LogP contribution >= 0.6 is 12.4 Å². The Balaban J connectivity index is 0.00000210. The van der Waals surface area contributed by atoms with E-state index in [-0.39, 0.29) is 17.3 Å². The summed E-state index contributed by atoms with van der Waals surface area (Å²) in [5.74, 6) is 0.703. The van der Waals surface area contributed by atoms with Gasteiger partial charge in [-0.2, -0.15) is 0 Å². The average molecular weight is 405 g/mol. The van der Waals surface area contributed by atoms with Crippen molar-refractivity contribution in [3.63, 3.8) is 0 Å². The van der Waals surface area contributed by atoms with Gasteiger partial charge in [0, 0.05) is 23.9 Å². The Morgan fingerprint density at radius 3 is 2.52 bits per heavy atom. The molecule has 0 radical (unpaired) electrons. The van der Waals surface area contributed by atoms with Crippen LogP contribution in [0.3, 0.4) is 0 Å². The fraction of sp³-hybridized carbons (Fsp3) is 0.200. The molecule has 0 saturated carbocycles. The van der Waals surface area contributed by atoms with Gasteiger partial charge in [-0.15, -0.1) is 12.4 Å². The minimum atomic E-state index is -3.70.